The van der Waals surface area contributed by atoms with E-state index in [-0.39, 0.29) is 42.1 Å². The molecule has 3 aromatic carbocycles. The molecule has 39 heavy (non-hydrogen) atoms. The molecule has 4 aromatic rings. The molecule has 0 bridgehead atoms. The largest absolute Gasteiger partial charge is 0.403 e. The Kier molecular flexibility index (Phi) is 6.66. The van der Waals surface area contributed by atoms with E-state index in [1.807, 2.05) is 68.4 Å². The van der Waals surface area contributed by atoms with Crippen LogP contribution in [0.25, 0.3) is 11.5 Å². The molecule has 2 aliphatic heterocycles. The molecule has 1 aromatic heterocycles. The lowest BCUT2D eigenvalue weighted by molar-refractivity contribution is -0.119. The van der Waals surface area contributed by atoms with Crippen molar-refractivity contribution in [2.75, 3.05) is 23.3 Å². The van der Waals surface area contributed by atoms with Crippen LogP contribution in [0.3, 0.4) is 0 Å². The highest BCUT2D eigenvalue weighted by Crippen LogP contribution is 2.34. The van der Waals surface area contributed by atoms with Crippen LogP contribution in [-0.4, -0.2) is 53.2 Å². The molecule has 0 spiro atoms. The summed E-state index contributed by atoms with van der Waals surface area (Å²) in [6.45, 7) is 5.19. The maximum atomic E-state index is 14.3. The molecule has 0 aliphatic carbocycles. The van der Waals surface area contributed by atoms with Gasteiger partial charge in [0.25, 0.3) is 5.89 Å². The summed E-state index contributed by atoms with van der Waals surface area (Å²) in [6, 6.07) is 22.1. The van der Waals surface area contributed by atoms with Crippen molar-refractivity contribution in [2.45, 2.75) is 38.6 Å². The van der Waals surface area contributed by atoms with Gasteiger partial charge in [0.15, 0.2) is 11.9 Å². The van der Waals surface area contributed by atoms with E-state index >= 15 is 0 Å². The van der Waals surface area contributed by atoms with Crippen molar-refractivity contribution >= 4 is 23.2 Å². The molecule has 3 atom stereocenters. The van der Waals surface area contributed by atoms with Gasteiger partial charge in [-0.2, -0.15) is 0 Å². The van der Waals surface area contributed by atoms with Gasteiger partial charge >= 0.3 is 6.01 Å². The summed E-state index contributed by atoms with van der Waals surface area (Å²) in [5, 5.41) is 11.4. The maximum absolute atomic E-state index is 14.3. The lowest BCUT2D eigenvalue weighted by Crippen LogP contribution is -2.45. The Labute approximate surface area is 225 Å². The lowest BCUT2D eigenvalue weighted by Gasteiger charge is -2.37. The summed E-state index contributed by atoms with van der Waals surface area (Å²) in [7, 11) is 0. The van der Waals surface area contributed by atoms with E-state index in [9.17, 15) is 9.18 Å². The van der Waals surface area contributed by atoms with Crippen LogP contribution >= 0.6 is 0 Å². The highest BCUT2D eigenvalue weighted by atomic mass is 19.1. The fourth-order valence-electron chi connectivity index (χ4n) is 5.23. The number of hydrogen-bond donors (Lipinski definition) is 1. The molecule has 0 unspecified atom stereocenters. The van der Waals surface area contributed by atoms with Crippen molar-refractivity contribution in [3.05, 3.63) is 95.3 Å². The van der Waals surface area contributed by atoms with Gasteiger partial charge in [0.2, 0.25) is 0 Å². The van der Waals surface area contributed by atoms with Gasteiger partial charge in [-0.15, -0.1) is 5.10 Å². The summed E-state index contributed by atoms with van der Waals surface area (Å²) >= 11 is 0. The number of nitrogens with one attached hydrogen (secondary N) is 1. The molecule has 1 fully saturated rings. The van der Waals surface area contributed by atoms with Crippen LogP contribution in [0.15, 0.2) is 82.2 Å². The SMILES string of the molecule is C[C@@H]1CN(c2cc(F)ccc2-c2nnc(N[C@H]3N=C(c4ccccc4)c4ccccc4CC3=O)o2)C[C@H](C)O1. The first-order valence-electron chi connectivity index (χ1n) is 13.0. The van der Waals surface area contributed by atoms with E-state index in [0.29, 0.717) is 30.1 Å². The Morgan fingerprint density at radius 3 is 2.46 bits per heavy atom. The van der Waals surface area contributed by atoms with Crippen molar-refractivity contribution in [3.63, 3.8) is 0 Å². The van der Waals surface area contributed by atoms with E-state index < -0.39 is 6.17 Å². The Morgan fingerprint density at radius 1 is 0.923 bits per heavy atom. The first-order chi connectivity index (χ1) is 18.9. The number of anilines is 2. The molecule has 9 heteroatoms. The van der Waals surface area contributed by atoms with Gasteiger partial charge in [-0.25, -0.2) is 4.39 Å². The number of aliphatic imine (C=N–C) groups is 1. The minimum Gasteiger partial charge on any atom is -0.403 e. The third-order valence-corrected chi connectivity index (χ3v) is 6.88. The van der Waals surface area contributed by atoms with Crippen molar-refractivity contribution in [1.82, 2.24) is 10.2 Å². The Morgan fingerprint density at radius 2 is 1.67 bits per heavy atom. The minimum atomic E-state index is -0.922. The van der Waals surface area contributed by atoms with Crippen LogP contribution in [0, 0.1) is 5.82 Å². The number of morpholine rings is 1. The molecule has 198 valence electrons. The predicted octanol–water partition coefficient (Wildman–Crippen LogP) is 4.89. The standard InChI is InChI=1S/C30H28FN5O3/c1-18-16-36(17-19(2)38-18)25-15-22(31)12-13-24(25)29-34-35-30(39-29)33-28-26(37)14-21-10-6-7-11-23(21)27(32-28)20-8-4-3-5-9-20/h3-13,15,18-19,28H,14,16-17H2,1-2H3,(H,33,35)/t18-,19+,28-/m1/s1. The second-order valence-corrected chi connectivity index (χ2v) is 9.93. The number of rotatable bonds is 5. The molecule has 0 saturated carbocycles. The monoisotopic (exact) mass is 525 g/mol. The van der Waals surface area contributed by atoms with Crippen LogP contribution in [0.4, 0.5) is 16.1 Å². The molecule has 0 amide bonds. The lowest BCUT2D eigenvalue weighted by atomic mass is 9.96. The van der Waals surface area contributed by atoms with E-state index in [2.05, 4.69) is 20.4 Å². The number of carbonyl (C=O) groups is 1. The second kappa shape index (κ2) is 10.4. The molecule has 1 saturated heterocycles. The van der Waals surface area contributed by atoms with Crippen molar-refractivity contribution in [1.29, 1.82) is 0 Å². The highest BCUT2D eigenvalue weighted by molar-refractivity contribution is 6.16. The molecule has 1 N–H and O–H groups in total. The summed E-state index contributed by atoms with van der Waals surface area (Å²) < 4.78 is 26.1. The average molecular weight is 526 g/mol. The Balaban J connectivity index is 1.32. The normalized spacial score (nSPS) is 21.2. The number of ether oxygens (including phenoxy) is 1. The van der Waals surface area contributed by atoms with Crippen LogP contribution in [0.1, 0.15) is 30.5 Å². The van der Waals surface area contributed by atoms with E-state index in [0.717, 1.165) is 16.7 Å². The zero-order valence-corrected chi connectivity index (χ0v) is 21.7. The number of benzene rings is 3. The van der Waals surface area contributed by atoms with Gasteiger partial charge < -0.3 is 19.4 Å². The third-order valence-electron chi connectivity index (χ3n) is 6.88. The fourth-order valence-corrected chi connectivity index (χ4v) is 5.23. The highest BCUT2D eigenvalue weighted by Gasteiger charge is 2.29. The summed E-state index contributed by atoms with van der Waals surface area (Å²) in [6.07, 6.45) is -0.724. The van der Waals surface area contributed by atoms with Crippen LogP contribution in [-0.2, 0) is 16.0 Å². The molecule has 3 heterocycles. The van der Waals surface area contributed by atoms with E-state index in [1.54, 1.807) is 6.07 Å². The fraction of sp³-hybridized carbons (Fsp3) is 0.267. The molecular weight excluding hydrogens is 497 g/mol. The van der Waals surface area contributed by atoms with E-state index in [1.165, 1.54) is 12.1 Å². The zero-order chi connectivity index (χ0) is 26.9. The topological polar surface area (TPSA) is 92.9 Å². The number of ketones is 1. The first kappa shape index (κ1) is 24.9. The number of Topliss-reactive ketones (excluding diaryl/α,β-unsaturated/α-hetero) is 1. The smallest absolute Gasteiger partial charge is 0.317 e. The maximum Gasteiger partial charge on any atom is 0.317 e. The van der Waals surface area contributed by atoms with Gasteiger partial charge in [-0.05, 0) is 37.6 Å². The summed E-state index contributed by atoms with van der Waals surface area (Å²) in [5.74, 6) is -0.257. The predicted molar refractivity (Wildman–Crippen MR) is 147 cm³/mol. The molecule has 8 nitrogen and oxygen atoms in total. The Bertz CT molecular complexity index is 1530. The van der Waals surface area contributed by atoms with Gasteiger partial charge in [0.1, 0.15) is 5.82 Å². The molecular formula is C30H28FN5O3. The van der Waals surface area contributed by atoms with Crippen molar-refractivity contribution in [2.24, 2.45) is 4.99 Å². The number of fused-ring (bicyclic) bond motifs is 1. The van der Waals surface area contributed by atoms with Crippen LogP contribution in [0.2, 0.25) is 0 Å². The molecule has 0 radical (unpaired) electrons. The zero-order valence-electron chi connectivity index (χ0n) is 21.7. The minimum absolute atomic E-state index is 0.00757. The van der Waals surface area contributed by atoms with E-state index in [4.69, 9.17) is 14.1 Å². The third kappa shape index (κ3) is 5.18. The summed E-state index contributed by atoms with van der Waals surface area (Å²) in [4.78, 5) is 20.2. The van der Waals surface area contributed by atoms with Crippen LogP contribution < -0.4 is 10.2 Å². The number of carbonyl (C=O) groups excluding carboxylic acids is 1. The molecule has 6 rings (SSSR count). The number of hydrogen-bond acceptors (Lipinski definition) is 8. The van der Waals surface area contributed by atoms with Crippen LogP contribution in [0.5, 0.6) is 0 Å². The van der Waals surface area contributed by atoms with Gasteiger partial charge in [0.05, 0.1) is 29.2 Å². The number of aromatic nitrogens is 2. The molecule has 2 aliphatic rings. The van der Waals surface area contributed by atoms with Gasteiger partial charge in [-0.1, -0.05) is 59.7 Å². The van der Waals surface area contributed by atoms with Crippen molar-refractivity contribution < 1.29 is 18.3 Å². The van der Waals surface area contributed by atoms with Gasteiger partial charge in [-0.3, -0.25) is 9.79 Å². The van der Waals surface area contributed by atoms with Crippen molar-refractivity contribution in [3.8, 4) is 11.5 Å². The Hall–Kier alpha value is -4.37. The second-order valence-electron chi connectivity index (χ2n) is 9.93. The first-order valence-corrected chi connectivity index (χ1v) is 13.0. The average Bonchev–Trinajstić information content (AvgIpc) is 3.34. The number of halogens is 1. The quantitative estimate of drug-likeness (QED) is 0.397. The van der Waals surface area contributed by atoms with Gasteiger partial charge in [0, 0.05) is 30.6 Å². The summed E-state index contributed by atoms with van der Waals surface area (Å²) in [5.41, 5.74) is 4.69. The number of nitrogens with zero attached hydrogens (tertiary/aromatic N) is 4.